The van der Waals surface area contributed by atoms with Gasteiger partial charge in [-0.05, 0) is 25.8 Å². The molecule has 1 heterocycles. The van der Waals surface area contributed by atoms with E-state index >= 15 is 0 Å². The number of hydrogen-bond donors (Lipinski definition) is 1. The highest BCUT2D eigenvalue weighted by Crippen LogP contribution is 2.21. The van der Waals surface area contributed by atoms with Gasteiger partial charge < -0.3 is 10.2 Å². The maximum atomic E-state index is 12.2. The van der Waals surface area contributed by atoms with Crippen LogP contribution in [0, 0.1) is 0 Å². The van der Waals surface area contributed by atoms with Gasteiger partial charge in [-0.1, -0.05) is 40.0 Å². The minimum Gasteiger partial charge on any atom is -0.338 e. The summed E-state index contributed by atoms with van der Waals surface area (Å²) >= 11 is 0. The molecule has 17 heavy (non-hydrogen) atoms. The first-order valence-corrected chi connectivity index (χ1v) is 7.28. The molecule has 0 spiro atoms. The molecule has 3 heteroatoms. The van der Waals surface area contributed by atoms with E-state index in [1.165, 1.54) is 25.7 Å². The summed E-state index contributed by atoms with van der Waals surface area (Å²) in [5.74, 6) is 0.335. The third-order valence-electron chi connectivity index (χ3n) is 3.64. The zero-order valence-electron chi connectivity index (χ0n) is 11.7. The highest BCUT2D eigenvalue weighted by Gasteiger charge is 2.34. The van der Waals surface area contributed by atoms with Gasteiger partial charge in [-0.25, -0.2) is 0 Å². The normalized spacial score (nSPS) is 22.2. The van der Waals surface area contributed by atoms with Gasteiger partial charge in [0.2, 0.25) is 5.91 Å². The average molecular weight is 240 g/mol. The Morgan fingerprint density at radius 2 is 2.06 bits per heavy atom. The van der Waals surface area contributed by atoms with E-state index in [4.69, 9.17) is 0 Å². The van der Waals surface area contributed by atoms with Crippen molar-refractivity contribution in [3.05, 3.63) is 0 Å². The fourth-order valence-corrected chi connectivity index (χ4v) is 2.73. The van der Waals surface area contributed by atoms with Crippen LogP contribution in [0.3, 0.4) is 0 Å². The summed E-state index contributed by atoms with van der Waals surface area (Å²) in [4.78, 5) is 14.4. The van der Waals surface area contributed by atoms with Crippen molar-refractivity contribution in [3.8, 4) is 0 Å². The first-order chi connectivity index (χ1) is 8.24. The summed E-state index contributed by atoms with van der Waals surface area (Å²) in [6.45, 7) is 8.33. The second kappa shape index (κ2) is 7.70. The molecule has 3 nitrogen and oxygen atoms in total. The van der Waals surface area contributed by atoms with E-state index in [1.807, 2.05) is 0 Å². The number of nitrogens with zero attached hydrogens (tertiary/aromatic N) is 1. The lowest BCUT2D eigenvalue weighted by Crippen LogP contribution is -2.42. The van der Waals surface area contributed by atoms with Crippen molar-refractivity contribution >= 4 is 5.91 Å². The lowest BCUT2D eigenvalue weighted by Gasteiger charge is -2.28. The molecule has 1 aliphatic rings. The van der Waals surface area contributed by atoms with Crippen LogP contribution in [0.1, 0.15) is 59.3 Å². The van der Waals surface area contributed by atoms with Crippen molar-refractivity contribution < 1.29 is 4.79 Å². The van der Waals surface area contributed by atoms with Gasteiger partial charge in [-0.2, -0.15) is 0 Å². The molecular formula is C14H28N2O. The van der Waals surface area contributed by atoms with Crippen LogP contribution in [0.5, 0.6) is 0 Å². The van der Waals surface area contributed by atoms with E-state index < -0.39 is 0 Å². The predicted molar refractivity (Wildman–Crippen MR) is 72.0 cm³/mol. The van der Waals surface area contributed by atoms with Gasteiger partial charge in [0.05, 0.1) is 6.04 Å². The molecule has 0 bridgehead atoms. The Morgan fingerprint density at radius 3 is 2.65 bits per heavy atom. The predicted octanol–water partition coefficient (Wildman–Crippen LogP) is 2.56. The molecule has 1 aliphatic heterocycles. The van der Waals surface area contributed by atoms with Crippen LogP contribution in [0.4, 0.5) is 0 Å². The first-order valence-electron chi connectivity index (χ1n) is 7.28. The van der Waals surface area contributed by atoms with Crippen LogP contribution >= 0.6 is 0 Å². The molecular weight excluding hydrogens is 212 g/mol. The van der Waals surface area contributed by atoms with E-state index in [1.54, 1.807) is 0 Å². The number of likely N-dealkylation sites (tertiary alicyclic amines) is 1. The number of hydrogen-bond acceptors (Lipinski definition) is 2. The maximum absolute atomic E-state index is 12.2. The molecule has 0 aromatic heterocycles. The zero-order valence-corrected chi connectivity index (χ0v) is 11.7. The SMILES string of the molecule is CCCCC(CCC)N1CCC(NCC)C1=O. The maximum Gasteiger partial charge on any atom is 0.240 e. The van der Waals surface area contributed by atoms with Gasteiger partial charge in [0.1, 0.15) is 0 Å². The van der Waals surface area contributed by atoms with Gasteiger partial charge in [0, 0.05) is 12.6 Å². The minimum atomic E-state index is 0.0842. The molecule has 0 saturated carbocycles. The molecule has 1 saturated heterocycles. The topological polar surface area (TPSA) is 32.3 Å². The van der Waals surface area contributed by atoms with Gasteiger partial charge in [-0.3, -0.25) is 4.79 Å². The van der Waals surface area contributed by atoms with Gasteiger partial charge in [0.25, 0.3) is 0 Å². The molecule has 0 aromatic rings. The quantitative estimate of drug-likeness (QED) is 0.707. The first kappa shape index (κ1) is 14.5. The monoisotopic (exact) mass is 240 g/mol. The smallest absolute Gasteiger partial charge is 0.240 e. The Hall–Kier alpha value is -0.570. The van der Waals surface area contributed by atoms with Crippen LogP contribution < -0.4 is 5.32 Å². The van der Waals surface area contributed by atoms with Crippen molar-refractivity contribution in [2.75, 3.05) is 13.1 Å². The molecule has 0 aromatic carbocycles. The highest BCUT2D eigenvalue weighted by molar-refractivity contribution is 5.84. The summed E-state index contributed by atoms with van der Waals surface area (Å²) < 4.78 is 0. The number of amides is 1. The van der Waals surface area contributed by atoms with E-state index in [-0.39, 0.29) is 6.04 Å². The molecule has 100 valence electrons. The van der Waals surface area contributed by atoms with E-state index in [2.05, 4.69) is 31.0 Å². The zero-order chi connectivity index (χ0) is 12.7. The molecule has 1 N–H and O–H groups in total. The van der Waals surface area contributed by atoms with Crippen molar-refractivity contribution in [3.63, 3.8) is 0 Å². The van der Waals surface area contributed by atoms with Gasteiger partial charge in [0.15, 0.2) is 0 Å². The number of carbonyl (C=O) groups is 1. The average Bonchev–Trinajstić information content (AvgIpc) is 2.67. The molecule has 0 radical (unpaired) electrons. The van der Waals surface area contributed by atoms with Crippen LogP contribution in [0.2, 0.25) is 0 Å². The molecule has 2 unspecified atom stereocenters. The third-order valence-corrected chi connectivity index (χ3v) is 3.64. The van der Waals surface area contributed by atoms with Gasteiger partial charge in [-0.15, -0.1) is 0 Å². The summed E-state index contributed by atoms with van der Waals surface area (Å²) in [5.41, 5.74) is 0. The van der Waals surface area contributed by atoms with Crippen molar-refractivity contribution in [2.24, 2.45) is 0 Å². The Balaban J connectivity index is 2.53. The van der Waals surface area contributed by atoms with Crippen LogP contribution in [0.15, 0.2) is 0 Å². The summed E-state index contributed by atoms with van der Waals surface area (Å²) in [6, 6.07) is 0.567. The third kappa shape index (κ3) is 3.98. The number of likely N-dealkylation sites (N-methyl/N-ethyl adjacent to an activating group) is 1. The van der Waals surface area contributed by atoms with Gasteiger partial charge >= 0.3 is 0 Å². The van der Waals surface area contributed by atoms with E-state index in [9.17, 15) is 4.79 Å². The molecule has 1 rings (SSSR count). The summed E-state index contributed by atoms with van der Waals surface area (Å²) in [5, 5.41) is 3.29. The number of nitrogens with one attached hydrogen (secondary N) is 1. The second-order valence-electron chi connectivity index (χ2n) is 5.02. The largest absolute Gasteiger partial charge is 0.338 e. The summed E-state index contributed by atoms with van der Waals surface area (Å²) in [6.07, 6.45) is 6.95. The van der Waals surface area contributed by atoms with Crippen LogP contribution in [-0.2, 0) is 4.79 Å². The molecule has 2 atom stereocenters. The second-order valence-corrected chi connectivity index (χ2v) is 5.02. The Bertz CT molecular complexity index is 230. The Labute approximate surface area is 106 Å². The standard InChI is InChI=1S/C14H28N2O/c1-4-7-9-12(8-5-2)16-11-10-13(14(16)17)15-6-3/h12-13,15H,4-11H2,1-3H3. The lowest BCUT2D eigenvalue weighted by atomic mass is 10.0. The number of rotatable bonds is 8. The minimum absolute atomic E-state index is 0.0842. The van der Waals surface area contributed by atoms with E-state index in [0.29, 0.717) is 11.9 Å². The lowest BCUT2D eigenvalue weighted by molar-refractivity contribution is -0.131. The van der Waals surface area contributed by atoms with Crippen molar-refractivity contribution in [1.82, 2.24) is 10.2 Å². The number of carbonyl (C=O) groups excluding carboxylic acids is 1. The van der Waals surface area contributed by atoms with Crippen molar-refractivity contribution in [2.45, 2.75) is 71.4 Å². The molecule has 0 aliphatic carbocycles. The van der Waals surface area contributed by atoms with Crippen LogP contribution in [-0.4, -0.2) is 36.0 Å². The van der Waals surface area contributed by atoms with Crippen LogP contribution in [0.25, 0.3) is 0 Å². The van der Waals surface area contributed by atoms with Crippen molar-refractivity contribution in [1.29, 1.82) is 0 Å². The Morgan fingerprint density at radius 1 is 1.29 bits per heavy atom. The Kier molecular flexibility index (Phi) is 6.56. The highest BCUT2D eigenvalue weighted by atomic mass is 16.2. The number of unbranched alkanes of at least 4 members (excludes halogenated alkanes) is 1. The summed E-state index contributed by atoms with van der Waals surface area (Å²) in [7, 11) is 0. The fraction of sp³-hybridized carbons (Fsp3) is 0.929. The molecule has 1 fully saturated rings. The van der Waals surface area contributed by atoms with E-state index in [0.717, 1.165) is 25.9 Å². The molecule has 1 amide bonds. The fourth-order valence-electron chi connectivity index (χ4n) is 2.73.